The summed E-state index contributed by atoms with van der Waals surface area (Å²) in [5.41, 5.74) is 9.05. The van der Waals surface area contributed by atoms with E-state index in [4.69, 9.17) is 5.73 Å². The van der Waals surface area contributed by atoms with Gasteiger partial charge in [-0.3, -0.25) is 4.79 Å². The molecule has 0 radical (unpaired) electrons. The van der Waals surface area contributed by atoms with Crippen LogP contribution in [0.15, 0.2) is 54.6 Å². The Morgan fingerprint density at radius 1 is 1.15 bits per heavy atom. The molecule has 0 aliphatic heterocycles. The first-order valence-electron chi connectivity index (χ1n) is 6.82. The molecule has 20 heavy (non-hydrogen) atoms. The van der Waals surface area contributed by atoms with Gasteiger partial charge in [0.15, 0.2) is 0 Å². The summed E-state index contributed by atoms with van der Waals surface area (Å²) in [6, 6.07) is 17.3. The topological polar surface area (TPSA) is 55.1 Å². The zero-order valence-corrected chi connectivity index (χ0v) is 11.7. The monoisotopic (exact) mass is 268 g/mol. The van der Waals surface area contributed by atoms with Gasteiger partial charge in [0.25, 0.3) is 0 Å². The molecule has 104 valence electrons. The number of aryl methyl sites for hydroxylation is 2. The molecule has 3 heteroatoms. The molecule has 0 fully saturated rings. The molecule has 2 aromatic rings. The highest BCUT2D eigenvalue weighted by atomic mass is 16.2. The van der Waals surface area contributed by atoms with Crippen LogP contribution in [-0.2, 0) is 11.2 Å². The fraction of sp³-hybridized carbons (Fsp3) is 0.235. The Labute approximate surface area is 119 Å². The molecule has 0 saturated heterocycles. The van der Waals surface area contributed by atoms with Crippen LogP contribution < -0.4 is 11.1 Å². The average molecular weight is 268 g/mol. The summed E-state index contributed by atoms with van der Waals surface area (Å²) >= 11 is 0. The van der Waals surface area contributed by atoms with Crippen molar-refractivity contribution in [1.82, 2.24) is 0 Å². The van der Waals surface area contributed by atoms with Crippen LogP contribution in [0.2, 0.25) is 0 Å². The Balaban J connectivity index is 1.86. The molecule has 3 N–H and O–H groups in total. The lowest BCUT2D eigenvalue weighted by Crippen LogP contribution is -2.36. The Bertz CT molecular complexity index is 566. The van der Waals surface area contributed by atoms with Crippen LogP contribution in [0, 0.1) is 6.92 Å². The smallest absolute Gasteiger partial charge is 0.241 e. The minimum atomic E-state index is -0.490. The number of carbonyl (C=O) groups excluding carboxylic acids is 1. The van der Waals surface area contributed by atoms with E-state index in [2.05, 4.69) is 5.32 Å². The highest BCUT2D eigenvalue weighted by Gasteiger charge is 2.13. The number of rotatable bonds is 5. The Morgan fingerprint density at radius 3 is 2.60 bits per heavy atom. The molecule has 3 nitrogen and oxygen atoms in total. The lowest BCUT2D eigenvalue weighted by Gasteiger charge is -2.12. The Morgan fingerprint density at radius 2 is 1.90 bits per heavy atom. The molecule has 1 atom stereocenters. The van der Waals surface area contributed by atoms with Crippen LogP contribution in [0.3, 0.4) is 0 Å². The number of anilines is 1. The van der Waals surface area contributed by atoms with Crippen molar-refractivity contribution in [2.24, 2.45) is 5.73 Å². The maximum Gasteiger partial charge on any atom is 0.241 e. The summed E-state index contributed by atoms with van der Waals surface area (Å²) in [5, 5.41) is 2.85. The van der Waals surface area contributed by atoms with Crippen molar-refractivity contribution in [3.05, 3.63) is 65.7 Å². The van der Waals surface area contributed by atoms with Crippen molar-refractivity contribution in [3.63, 3.8) is 0 Å². The highest BCUT2D eigenvalue weighted by molar-refractivity contribution is 5.94. The summed E-state index contributed by atoms with van der Waals surface area (Å²) in [6.45, 7) is 1.99. The van der Waals surface area contributed by atoms with Crippen LogP contribution in [0.25, 0.3) is 0 Å². The zero-order chi connectivity index (χ0) is 14.4. The zero-order valence-electron chi connectivity index (χ0n) is 11.7. The second kappa shape index (κ2) is 6.87. The van der Waals surface area contributed by atoms with Crippen molar-refractivity contribution < 1.29 is 4.79 Å². The first-order valence-corrected chi connectivity index (χ1v) is 6.82. The predicted molar refractivity (Wildman–Crippen MR) is 82.5 cm³/mol. The summed E-state index contributed by atoms with van der Waals surface area (Å²) in [6.07, 6.45) is 1.45. The third-order valence-corrected chi connectivity index (χ3v) is 3.21. The van der Waals surface area contributed by atoms with Crippen molar-refractivity contribution in [1.29, 1.82) is 0 Å². The number of nitrogens with two attached hydrogens (primary N) is 1. The van der Waals surface area contributed by atoms with E-state index in [1.807, 2.05) is 61.5 Å². The average Bonchev–Trinajstić information content (AvgIpc) is 2.46. The molecular weight excluding hydrogens is 248 g/mol. The van der Waals surface area contributed by atoms with Crippen molar-refractivity contribution in [3.8, 4) is 0 Å². The predicted octanol–water partition coefficient (Wildman–Crippen LogP) is 2.89. The van der Waals surface area contributed by atoms with Gasteiger partial charge in [0.05, 0.1) is 6.04 Å². The molecule has 1 amide bonds. The van der Waals surface area contributed by atoms with E-state index in [1.165, 1.54) is 5.56 Å². The maximum atomic E-state index is 12.0. The van der Waals surface area contributed by atoms with E-state index in [9.17, 15) is 4.79 Å². The lowest BCUT2D eigenvalue weighted by molar-refractivity contribution is -0.117. The molecule has 0 aliphatic rings. The fourth-order valence-electron chi connectivity index (χ4n) is 2.06. The standard InChI is InChI=1S/C17H20N2O/c1-13-6-5-9-15(12-13)19-17(20)16(18)11-10-14-7-3-2-4-8-14/h2-9,12,16H,10-11,18H2,1H3,(H,19,20)/t16-/m0/s1. The lowest BCUT2D eigenvalue weighted by atomic mass is 10.1. The van der Waals surface area contributed by atoms with E-state index in [1.54, 1.807) is 0 Å². The van der Waals surface area contributed by atoms with Crippen molar-refractivity contribution in [2.45, 2.75) is 25.8 Å². The van der Waals surface area contributed by atoms with E-state index >= 15 is 0 Å². The molecule has 0 saturated carbocycles. The number of hydrogen-bond acceptors (Lipinski definition) is 2. The number of amides is 1. The number of hydrogen-bond donors (Lipinski definition) is 2. The van der Waals surface area contributed by atoms with Crippen LogP contribution in [0.5, 0.6) is 0 Å². The summed E-state index contributed by atoms with van der Waals surface area (Å²) in [7, 11) is 0. The van der Waals surface area contributed by atoms with Crippen LogP contribution in [0.1, 0.15) is 17.5 Å². The van der Waals surface area contributed by atoms with Gasteiger partial charge in [-0.1, -0.05) is 42.5 Å². The van der Waals surface area contributed by atoms with Gasteiger partial charge in [0, 0.05) is 5.69 Å². The van der Waals surface area contributed by atoms with Gasteiger partial charge in [-0.25, -0.2) is 0 Å². The first kappa shape index (κ1) is 14.3. The molecule has 0 spiro atoms. The van der Waals surface area contributed by atoms with Gasteiger partial charge < -0.3 is 11.1 Å². The third kappa shape index (κ3) is 4.21. The largest absolute Gasteiger partial charge is 0.325 e. The third-order valence-electron chi connectivity index (χ3n) is 3.21. The Kier molecular flexibility index (Phi) is 4.91. The minimum Gasteiger partial charge on any atom is -0.325 e. The van der Waals surface area contributed by atoms with E-state index in [0.717, 1.165) is 17.7 Å². The van der Waals surface area contributed by atoms with E-state index < -0.39 is 6.04 Å². The summed E-state index contributed by atoms with van der Waals surface area (Å²) in [5.74, 6) is -0.133. The molecule has 0 bridgehead atoms. The van der Waals surface area contributed by atoms with Gasteiger partial charge >= 0.3 is 0 Å². The summed E-state index contributed by atoms with van der Waals surface area (Å²) in [4.78, 5) is 12.0. The molecule has 0 aliphatic carbocycles. The van der Waals surface area contributed by atoms with Gasteiger partial charge in [0.1, 0.15) is 0 Å². The van der Waals surface area contributed by atoms with Gasteiger partial charge in [-0.2, -0.15) is 0 Å². The molecule has 2 rings (SSSR count). The van der Waals surface area contributed by atoms with Gasteiger partial charge in [-0.05, 0) is 43.0 Å². The van der Waals surface area contributed by atoms with E-state index in [-0.39, 0.29) is 5.91 Å². The maximum absolute atomic E-state index is 12.0. The summed E-state index contributed by atoms with van der Waals surface area (Å²) < 4.78 is 0. The SMILES string of the molecule is Cc1cccc(NC(=O)[C@@H](N)CCc2ccccc2)c1. The highest BCUT2D eigenvalue weighted by Crippen LogP contribution is 2.11. The molecular formula is C17H20N2O. The minimum absolute atomic E-state index is 0.133. The van der Waals surface area contributed by atoms with Crippen molar-refractivity contribution in [2.75, 3.05) is 5.32 Å². The quantitative estimate of drug-likeness (QED) is 0.876. The number of carbonyl (C=O) groups is 1. The van der Waals surface area contributed by atoms with Gasteiger partial charge in [0.2, 0.25) is 5.91 Å². The number of nitrogens with one attached hydrogen (secondary N) is 1. The Hall–Kier alpha value is -2.13. The number of benzene rings is 2. The van der Waals surface area contributed by atoms with Gasteiger partial charge in [-0.15, -0.1) is 0 Å². The van der Waals surface area contributed by atoms with Crippen LogP contribution in [-0.4, -0.2) is 11.9 Å². The fourth-order valence-corrected chi connectivity index (χ4v) is 2.06. The molecule has 0 heterocycles. The van der Waals surface area contributed by atoms with E-state index in [0.29, 0.717) is 6.42 Å². The molecule has 2 aromatic carbocycles. The molecule has 0 unspecified atom stereocenters. The molecule has 0 aromatic heterocycles. The second-order valence-corrected chi connectivity index (χ2v) is 4.99. The van der Waals surface area contributed by atoms with Crippen LogP contribution >= 0.6 is 0 Å². The van der Waals surface area contributed by atoms with Crippen LogP contribution in [0.4, 0.5) is 5.69 Å². The second-order valence-electron chi connectivity index (χ2n) is 4.99. The first-order chi connectivity index (χ1) is 9.65. The van der Waals surface area contributed by atoms with Crippen molar-refractivity contribution >= 4 is 11.6 Å². The normalized spacial score (nSPS) is 11.9.